The van der Waals surface area contributed by atoms with Gasteiger partial charge in [0.05, 0.1) is 11.5 Å². The summed E-state index contributed by atoms with van der Waals surface area (Å²) in [6.07, 6.45) is 0. The number of nitriles is 1. The minimum absolute atomic E-state index is 0.137. The molecule has 6 heteroatoms. The van der Waals surface area contributed by atoms with Crippen molar-refractivity contribution in [2.24, 2.45) is 5.73 Å². The van der Waals surface area contributed by atoms with Crippen LogP contribution in [0.4, 0.5) is 0 Å². The number of allylic oxidation sites excluding steroid dienone is 1. The van der Waals surface area contributed by atoms with Crippen molar-refractivity contribution in [3.8, 4) is 11.9 Å². The number of hydrogen-bond donors (Lipinski definition) is 2. The number of H-pyrrole nitrogens is 1. The van der Waals surface area contributed by atoms with E-state index in [1.165, 1.54) is 4.88 Å². The van der Waals surface area contributed by atoms with Gasteiger partial charge in [0.1, 0.15) is 11.6 Å². The second-order valence-electron chi connectivity index (χ2n) is 4.44. The molecule has 2 aromatic heterocycles. The fraction of sp³-hybridized carbons (Fsp3) is 0.231. The Morgan fingerprint density at radius 2 is 2.26 bits per heavy atom. The molecule has 0 bridgehead atoms. The van der Waals surface area contributed by atoms with E-state index in [4.69, 9.17) is 10.5 Å². The quantitative estimate of drug-likeness (QED) is 0.833. The topological polar surface area (TPSA) is 87.7 Å². The first-order chi connectivity index (χ1) is 9.11. The number of aromatic nitrogens is 2. The lowest BCUT2D eigenvalue weighted by Gasteiger charge is -2.22. The van der Waals surface area contributed by atoms with Gasteiger partial charge in [0, 0.05) is 15.4 Å². The number of nitrogens with two attached hydrogens (primary N) is 1. The summed E-state index contributed by atoms with van der Waals surface area (Å²) in [5.74, 6) is 0.411. The van der Waals surface area contributed by atoms with Gasteiger partial charge >= 0.3 is 0 Å². The number of ether oxygens (including phenoxy) is 1. The SMILES string of the molecule is Cc1ccc([C@@H]2C(C#N)=C(N)Oc3n[nH]c(C)c32)s1. The fourth-order valence-corrected chi connectivity index (χ4v) is 3.29. The van der Waals surface area contributed by atoms with Crippen LogP contribution in [-0.2, 0) is 0 Å². The van der Waals surface area contributed by atoms with Gasteiger partial charge in [-0.05, 0) is 26.0 Å². The van der Waals surface area contributed by atoms with Crippen LogP contribution in [0.2, 0.25) is 0 Å². The van der Waals surface area contributed by atoms with Gasteiger partial charge in [0.2, 0.25) is 11.8 Å². The third-order valence-corrected chi connectivity index (χ3v) is 4.24. The maximum atomic E-state index is 9.36. The lowest BCUT2D eigenvalue weighted by Crippen LogP contribution is -2.20. The lowest BCUT2D eigenvalue weighted by atomic mass is 9.89. The summed E-state index contributed by atoms with van der Waals surface area (Å²) in [6.45, 7) is 3.95. The number of fused-ring (bicyclic) bond motifs is 1. The van der Waals surface area contributed by atoms with Crippen LogP contribution in [0.25, 0.3) is 0 Å². The summed E-state index contributed by atoms with van der Waals surface area (Å²) in [6, 6.07) is 6.23. The van der Waals surface area contributed by atoms with Crippen molar-refractivity contribution < 1.29 is 4.74 Å². The van der Waals surface area contributed by atoms with E-state index in [9.17, 15) is 5.26 Å². The van der Waals surface area contributed by atoms with Crippen molar-refractivity contribution >= 4 is 11.3 Å². The predicted molar refractivity (Wildman–Crippen MR) is 71.7 cm³/mol. The zero-order valence-electron chi connectivity index (χ0n) is 10.5. The van der Waals surface area contributed by atoms with E-state index in [1.807, 2.05) is 26.0 Å². The molecule has 0 spiro atoms. The van der Waals surface area contributed by atoms with Gasteiger partial charge in [0.25, 0.3) is 0 Å². The molecule has 5 nitrogen and oxygen atoms in total. The Balaban J connectivity index is 2.24. The molecule has 0 amide bonds. The molecule has 1 atom stereocenters. The van der Waals surface area contributed by atoms with Gasteiger partial charge in [-0.2, -0.15) is 5.26 Å². The molecule has 3 rings (SSSR count). The maximum Gasteiger partial charge on any atom is 0.244 e. The van der Waals surface area contributed by atoms with Gasteiger partial charge in [-0.1, -0.05) is 0 Å². The molecule has 0 saturated heterocycles. The molecule has 1 aliphatic heterocycles. The van der Waals surface area contributed by atoms with E-state index < -0.39 is 0 Å². The van der Waals surface area contributed by atoms with Crippen molar-refractivity contribution in [3.05, 3.63) is 44.6 Å². The zero-order valence-corrected chi connectivity index (χ0v) is 11.3. The molecule has 1 aliphatic rings. The summed E-state index contributed by atoms with van der Waals surface area (Å²) in [7, 11) is 0. The summed E-state index contributed by atoms with van der Waals surface area (Å²) in [4.78, 5) is 2.27. The van der Waals surface area contributed by atoms with Crippen LogP contribution in [0.1, 0.15) is 26.9 Å². The van der Waals surface area contributed by atoms with Crippen molar-refractivity contribution in [3.63, 3.8) is 0 Å². The highest BCUT2D eigenvalue weighted by Gasteiger charge is 2.34. The predicted octanol–water partition coefficient (Wildman–Crippen LogP) is 2.31. The third-order valence-electron chi connectivity index (χ3n) is 3.18. The Morgan fingerprint density at radius 1 is 1.47 bits per heavy atom. The first kappa shape index (κ1) is 11.8. The number of aromatic amines is 1. The van der Waals surface area contributed by atoms with Crippen LogP contribution in [0.3, 0.4) is 0 Å². The first-order valence-electron chi connectivity index (χ1n) is 5.80. The fourth-order valence-electron chi connectivity index (χ4n) is 2.29. The molecule has 96 valence electrons. The van der Waals surface area contributed by atoms with Gasteiger partial charge in [-0.15, -0.1) is 16.4 Å². The van der Waals surface area contributed by atoms with Gasteiger partial charge in [-0.25, -0.2) is 0 Å². The minimum atomic E-state index is -0.189. The minimum Gasteiger partial charge on any atom is -0.420 e. The number of nitrogens with zero attached hydrogens (tertiary/aromatic N) is 2. The molecular formula is C13H12N4OS. The van der Waals surface area contributed by atoms with Gasteiger partial charge in [0.15, 0.2) is 0 Å². The number of nitrogens with one attached hydrogen (secondary N) is 1. The number of rotatable bonds is 1. The number of aryl methyl sites for hydroxylation is 2. The third kappa shape index (κ3) is 1.71. The van der Waals surface area contributed by atoms with Crippen molar-refractivity contribution in [2.75, 3.05) is 0 Å². The molecule has 0 aliphatic carbocycles. The maximum absolute atomic E-state index is 9.36. The average molecular weight is 272 g/mol. The van der Waals surface area contributed by atoms with E-state index in [0.717, 1.165) is 16.1 Å². The van der Waals surface area contributed by atoms with E-state index in [0.29, 0.717) is 11.5 Å². The summed E-state index contributed by atoms with van der Waals surface area (Å²) in [5.41, 5.74) is 8.07. The second kappa shape index (κ2) is 4.14. The highest BCUT2D eigenvalue weighted by atomic mass is 32.1. The largest absolute Gasteiger partial charge is 0.420 e. The van der Waals surface area contributed by atoms with Crippen LogP contribution in [-0.4, -0.2) is 10.2 Å². The molecule has 0 aromatic carbocycles. The van der Waals surface area contributed by atoms with Crippen molar-refractivity contribution in [2.45, 2.75) is 19.8 Å². The van der Waals surface area contributed by atoms with E-state index in [2.05, 4.69) is 16.3 Å². The molecule has 2 aromatic rings. The average Bonchev–Trinajstić information content (AvgIpc) is 2.95. The molecule has 3 N–H and O–H groups in total. The van der Waals surface area contributed by atoms with Crippen LogP contribution >= 0.6 is 11.3 Å². The highest BCUT2D eigenvalue weighted by molar-refractivity contribution is 7.12. The molecular weight excluding hydrogens is 260 g/mol. The Bertz CT molecular complexity index is 719. The summed E-state index contributed by atoms with van der Waals surface area (Å²) in [5, 5.41) is 16.3. The van der Waals surface area contributed by atoms with Crippen LogP contribution < -0.4 is 10.5 Å². The normalized spacial score (nSPS) is 17.8. The van der Waals surface area contributed by atoms with E-state index in [-0.39, 0.29) is 11.8 Å². The summed E-state index contributed by atoms with van der Waals surface area (Å²) >= 11 is 1.65. The Hall–Kier alpha value is -2.26. The highest BCUT2D eigenvalue weighted by Crippen LogP contribution is 2.44. The first-order valence-corrected chi connectivity index (χ1v) is 6.62. The molecule has 0 saturated carbocycles. The standard InChI is InChI=1S/C13H12N4OS/c1-6-3-4-9(19-6)11-8(5-14)12(15)18-13-10(11)7(2)16-17-13/h3-4,11H,15H2,1-2H3,(H,16,17)/t11-/m0/s1. The molecule has 0 radical (unpaired) electrons. The second-order valence-corrected chi connectivity index (χ2v) is 5.76. The Morgan fingerprint density at radius 3 is 2.89 bits per heavy atom. The smallest absolute Gasteiger partial charge is 0.244 e. The molecule has 0 fully saturated rings. The van der Waals surface area contributed by atoms with Gasteiger partial charge < -0.3 is 10.5 Å². The monoisotopic (exact) mass is 272 g/mol. The molecule has 0 unspecified atom stereocenters. The zero-order chi connectivity index (χ0) is 13.6. The summed E-state index contributed by atoms with van der Waals surface area (Å²) < 4.78 is 5.41. The molecule has 3 heterocycles. The van der Waals surface area contributed by atoms with E-state index >= 15 is 0 Å². The Kier molecular flexibility index (Phi) is 2.57. The lowest BCUT2D eigenvalue weighted by molar-refractivity contribution is 0.379. The number of thiophene rings is 1. The molecule has 19 heavy (non-hydrogen) atoms. The number of hydrogen-bond acceptors (Lipinski definition) is 5. The van der Waals surface area contributed by atoms with Crippen LogP contribution in [0.15, 0.2) is 23.6 Å². The van der Waals surface area contributed by atoms with Crippen molar-refractivity contribution in [1.29, 1.82) is 5.26 Å². The van der Waals surface area contributed by atoms with Crippen molar-refractivity contribution in [1.82, 2.24) is 10.2 Å². The Labute approximate surface area is 114 Å². The van der Waals surface area contributed by atoms with Gasteiger partial charge in [-0.3, -0.25) is 5.10 Å². The van der Waals surface area contributed by atoms with Crippen LogP contribution in [0.5, 0.6) is 5.88 Å². The van der Waals surface area contributed by atoms with E-state index in [1.54, 1.807) is 11.3 Å². The van der Waals surface area contributed by atoms with Crippen LogP contribution in [0, 0.1) is 25.2 Å².